The lowest BCUT2D eigenvalue weighted by Crippen LogP contribution is -1.91. The first kappa shape index (κ1) is 9.48. The molecule has 64 valence electrons. The molecule has 0 spiro atoms. The van der Waals surface area contributed by atoms with E-state index >= 15 is 0 Å². The molecule has 0 unspecified atom stereocenters. The highest BCUT2D eigenvalue weighted by Crippen LogP contribution is 2.26. The van der Waals surface area contributed by atoms with E-state index in [1.54, 1.807) is 0 Å². The Hall–Kier alpha value is -0.610. The van der Waals surface area contributed by atoms with Gasteiger partial charge in [0, 0.05) is 0 Å². The number of rotatable bonds is 1. The smallest absolute Gasteiger partial charge is 0.256 e. The van der Waals surface area contributed by atoms with Gasteiger partial charge in [0.25, 0.3) is 5.24 Å². The maximum atomic E-state index is 12.8. The molecule has 1 aromatic carbocycles. The van der Waals surface area contributed by atoms with Crippen molar-refractivity contribution in [3.8, 4) is 5.75 Å². The standard InChI is InChI=1S/C7H3BrClFO2/c8-4-2-6(11)3(7(9)12)1-5(4)10/h1-2,11H. The predicted molar refractivity (Wildman–Crippen MR) is 45.9 cm³/mol. The summed E-state index contributed by atoms with van der Waals surface area (Å²) in [6.07, 6.45) is 0. The zero-order valence-corrected chi connectivity index (χ0v) is 7.99. The van der Waals surface area contributed by atoms with E-state index in [0.29, 0.717) is 0 Å². The molecule has 1 N–H and O–H groups in total. The second kappa shape index (κ2) is 3.41. The monoisotopic (exact) mass is 252 g/mol. The Kier molecular flexibility index (Phi) is 2.69. The fraction of sp³-hybridized carbons (Fsp3) is 0. The Morgan fingerprint density at radius 3 is 2.67 bits per heavy atom. The third kappa shape index (κ3) is 1.76. The summed E-state index contributed by atoms with van der Waals surface area (Å²) in [5.41, 5.74) is -0.239. The minimum atomic E-state index is -0.890. The zero-order valence-electron chi connectivity index (χ0n) is 5.64. The molecule has 2 nitrogen and oxygen atoms in total. The zero-order chi connectivity index (χ0) is 9.30. The topological polar surface area (TPSA) is 37.3 Å². The summed E-state index contributed by atoms with van der Waals surface area (Å²) >= 11 is 7.89. The predicted octanol–water partition coefficient (Wildman–Crippen LogP) is 2.67. The lowest BCUT2D eigenvalue weighted by atomic mass is 10.2. The molecule has 0 atom stereocenters. The minimum absolute atomic E-state index is 0.0849. The Morgan fingerprint density at radius 1 is 1.58 bits per heavy atom. The highest BCUT2D eigenvalue weighted by Gasteiger charge is 2.11. The summed E-state index contributed by atoms with van der Waals surface area (Å²) in [6, 6.07) is 1.94. The molecule has 0 bridgehead atoms. The quantitative estimate of drug-likeness (QED) is 0.781. The lowest BCUT2D eigenvalue weighted by molar-refractivity contribution is 0.107. The summed E-state index contributed by atoms with van der Waals surface area (Å²) < 4.78 is 12.8. The van der Waals surface area contributed by atoms with E-state index in [1.807, 2.05) is 0 Å². The number of halogens is 3. The number of phenolic OH excluding ortho intramolecular Hbond substituents is 1. The molecule has 0 amide bonds. The highest BCUT2D eigenvalue weighted by atomic mass is 79.9. The Labute approximate surface area is 81.1 Å². The van der Waals surface area contributed by atoms with Crippen LogP contribution in [0.4, 0.5) is 4.39 Å². The summed E-state index contributed by atoms with van der Waals surface area (Å²) in [6.45, 7) is 0. The van der Waals surface area contributed by atoms with Crippen LogP contribution in [-0.4, -0.2) is 10.3 Å². The third-order valence-corrected chi connectivity index (χ3v) is 2.06. The Balaban J connectivity index is 3.33. The van der Waals surface area contributed by atoms with Crippen molar-refractivity contribution >= 4 is 32.8 Å². The van der Waals surface area contributed by atoms with Gasteiger partial charge in [0.15, 0.2) is 0 Å². The van der Waals surface area contributed by atoms with Crippen LogP contribution in [0.3, 0.4) is 0 Å². The summed E-state index contributed by atoms with van der Waals surface area (Å²) in [4.78, 5) is 10.6. The molecular formula is C7H3BrClFO2. The van der Waals surface area contributed by atoms with Gasteiger partial charge in [-0.25, -0.2) is 4.39 Å². The minimum Gasteiger partial charge on any atom is -0.507 e. The number of hydrogen-bond donors (Lipinski definition) is 1. The maximum Gasteiger partial charge on any atom is 0.256 e. The number of carbonyl (C=O) groups excluding carboxylic acids is 1. The van der Waals surface area contributed by atoms with Crippen LogP contribution in [0.5, 0.6) is 5.75 Å². The number of phenols is 1. The van der Waals surface area contributed by atoms with Crippen molar-refractivity contribution in [1.29, 1.82) is 0 Å². The molecule has 0 radical (unpaired) electrons. The van der Waals surface area contributed by atoms with Crippen LogP contribution >= 0.6 is 27.5 Å². The van der Waals surface area contributed by atoms with Crippen molar-refractivity contribution in [2.45, 2.75) is 0 Å². The average Bonchev–Trinajstić information content (AvgIpc) is 1.96. The van der Waals surface area contributed by atoms with Gasteiger partial charge in [0.2, 0.25) is 0 Å². The Morgan fingerprint density at radius 2 is 2.17 bits per heavy atom. The van der Waals surface area contributed by atoms with Gasteiger partial charge in [-0.05, 0) is 39.7 Å². The molecule has 0 saturated heterocycles. The normalized spacial score (nSPS) is 9.92. The second-order valence-corrected chi connectivity index (χ2v) is 3.25. The van der Waals surface area contributed by atoms with Crippen molar-refractivity contribution in [1.82, 2.24) is 0 Å². The van der Waals surface area contributed by atoms with E-state index in [2.05, 4.69) is 15.9 Å². The van der Waals surface area contributed by atoms with Gasteiger partial charge in [0.1, 0.15) is 11.6 Å². The molecule has 0 aromatic heterocycles. The van der Waals surface area contributed by atoms with Gasteiger partial charge in [-0.15, -0.1) is 0 Å². The summed E-state index contributed by atoms with van der Waals surface area (Å²) in [5, 5.41) is 8.19. The van der Waals surface area contributed by atoms with E-state index in [1.165, 1.54) is 0 Å². The first-order valence-electron chi connectivity index (χ1n) is 2.90. The van der Waals surface area contributed by atoms with E-state index in [4.69, 9.17) is 16.7 Å². The van der Waals surface area contributed by atoms with Crippen LogP contribution in [0.25, 0.3) is 0 Å². The van der Waals surface area contributed by atoms with Crippen LogP contribution in [0.15, 0.2) is 16.6 Å². The van der Waals surface area contributed by atoms with Crippen LogP contribution in [-0.2, 0) is 0 Å². The molecule has 12 heavy (non-hydrogen) atoms. The SMILES string of the molecule is O=C(Cl)c1cc(F)c(Br)cc1O. The molecule has 0 aliphatic rings. The van der Waals surface area contributed by atoms with E-state index in [-0.39, 0.29) is 15.8 Å². The molecule has 5 heteroatoms. The van der Waals surface area contributed by atoms with E-state index < -0.39 is 11.1 Å². The highest BCUT2D eigenvalue weighted by molar-refractivity contribution is 9.10. The van der Waals surface area contributed by atoms with Gasteiger partial charge < -0.3 is 5.11 Å². The third-order valence-electron chi connectivity index (χ3n) is 1.25. The molecule has 0 saturated carbocycles. The van der Waals surface area contributed by atoms with E-state index in [0.717, 1.165) is 12.1 Å². The van der Waals surface area contributed by atoms with Crippen LogP contribution in [0, 0.1) is 5.82 Å². The van der Waals surface area contributed by atoms with Gasteiger partial charge >= 0.3 is 0 Å². The second-order valence-electron chi connectivity index (χ2n) is 2.06. The van der Waals surface area contributed by atoms with E-state index in [9.17, 15) is 9.18 Å². The fourth-order valence-corrected chi connectivity index (χ4v) is 1.18. The summed E-state index contributed by atoms with van der Waals surface area (Å²) in [7, 11) is 0. The molecular weight excluding hydrogens is 250 g/mol. The number of benzene rings is 1. The number of aromatic hydroxyl groups is 1. The Bertz CT molecular complexity index is 340. The van der Waals surface area contributed by atoms with Crippen molar-refractivity contribution in [2.24, 2.45) is 0 Å². The molecule has 0 fully saturated rings. The van der Waals surface area contributed by atoms with Crippen molar-refractivity contribution in [3.63, 3.8) is 0 Å². The van der Waals surface area contributed by atoms with Gasteiger partial charge in [-0.2, -0.15) is 0 Å². The lowest BCUT2D eigenvalue weighted by Gasteiger charge is -2.00. The molecule has 1 aromatic rings. The average molecular weight is 253 g/mol. The summed E-state index contributed by atoms with van der Waals surface area (Å²) in [5.74, 6) is -0.986. The number of carbonyl (C=O) groups is 1. The van der Waals surface area contributed by atoms with Crippen LogP contribution in [0.1, 0.15) is 10.4 Å². The van der Waals surface area contributed by atoms with Gasteiger partial charge in [-0.1, -0.05) is 0 Å². The first-order valence-corrected chi connectivity index (χ1v) is 4.07. The molecule has 1 rings (SSSR count). The molecule has 0 heterocycles. The van der Waals surface area contributed by atoms with Gasteiger partial charge in [-0.3, -0.25) is 4.79 Å². The molecule has 0 aliphatic carbocycles. The van der Waals surface area contributed by atoms with Crippen molar-refractivity contribution < 1.29 is 14.3 Å². The van der Waals surface area contributed by atoms with Crippen molar-refractivity contribution in [2.75, 3.05) is 0 Å². The maximum absolute atomic E-state index is 12.8. The van der Waals surface area contributed by atoms with Crippen LogP contribution in [0.2, 0.25) is 0 Å². The molecule has 0 aliphatic heterocycles. The van der Waals surface area contributed by atoms with Crippen LogP contribution < -0.4 is 0 Å². The largest absolute Gasteiger partial charge is 0.507 e. The first-order chi connectivity index (χ1) is 5.52. The van der Waals surface area contributed by atoms with Gasteiger partial charge in [0.05, 0.1) is 10.0 Å². The number of hydrogen-bond acceptors (Lipinski definition) is 2. The van der Waals surface area contributed by atoms with Crippen molar-refractivity contribution in [3.05, 3.63) is 28.0 Å². The fourth-order valence-electron chi connectivity index (χ4n) is 0.694.